The van der Waals surface area contributed by atoms with Crippen molar-refractivity contribution in [2.45, 2.75) is 26.0 Å². The predicted octanol–water partition coefficient (Wildman–Crippen LogP) is 3.46. The molecule has 2 heterocycles. The molecular weight excluding hydrogens is 462 g/mol. The van der Waals surface area contributed by atoms with Gasteiger partial charge in [-0.3, -0.25) is 18.5 Å². The van der Waals surface area contributed by atoms with Gasteiger partial charge in [-0.15, -0.1) is 0 Å². The molecule has 0 saturated heterocycles. The Morgan fingerprint density at radius 1 is 1.26 bits per heavy atom. The third-order valence-corrected chi connectivity index (χ3v) is 7.18. The summed E-state index contributed by atoms with van der Waals surface area (Å²) in [6, 6.07) is 9.82. The van der Waals surface area contributed by atoms with Crippen LogP contribution >= 0.6 is 22.9 Å². The standard InChI is InChI=1S/C20H20ClN3O5S2/c1-11(2)24-14-6-5-13(9-18(14)30-20(24)26)22-19(25)17-10-23(31(3,27)28)15-8-12(21)4-7-16(15)29-17/h4-9,11,17H,10H2,1-3H3,(H,22,25)/t17-/m1/s1. The summed E-state index contributed by atoms with van der Waals surface area (Å²) in [7, 11) is -3.66. The van der Waals surface area contributed by atoms with Gasteiger partial charge in [-0.25, -0.2) is 8.42 Å². The van der Waals surface area contributed by atoms with Crippen LogP contribution in [-0.2, 0) is 14.8 Å². The van der Waals surface area contributed by atoms with Crippen molar-refractivity contribution >= 4 is 60.5 Å². The molecule has 0 radical (unpaired) electrons. The van der Waals surface area contributed by atoms with Crippen LogP contribution in [0.15, 0.2) is 41.2 Å². The molecule has 31 heavy (non-hydrogen) atoms. The molecule has 2 aromatic carbocycles. The fourth-order valence-electron chi connectivity index (χ4n) is 3.50. The Balaban J connectivity index is 1.61. The van der Waals surface area contributed by atoms with Crippen LogP contribution in [0.5, 0.6) is 5.75 Å². The summed E-state index contributed by atoms with van der Waals surface area (Å²) >= 11 is 7.10. The molecule has 0 unspecified atom stereocenters. The monoisotopic (exact) mass is 481 g/mol. The number of nitrogens with zero attached hydrogens (tertiary/aromatic N) is 2. The van der Waals surface area contributed by atoms with Crippen LogP contribution in [0.4, 0.5) is 11.4 Å². The van der Waals surface area contributed by atoms with Crippen molar-refractivity contribution in [3.63, 3.8) is 0 Å². The number of nitrogens with one attached hydrogen (secondary N) is 1. The lowest BCUT2D eigenvalue weighted by Crippen LogP contribution is -2.48. The van der Waals surface area contributed by atoms with Crippen molar-refractivity contribution in [2.24, 2.45) is 0 Å². The smallest absolute Gasteiger partial charge is 0.308 e. The SMILES string of the molecule is CC(C)n1c(=O)sc2cc(NC(=O)[C@H]3CN(S(C)(=O)=O)c4cc(Cl)ccc4O3)ccc21. The number of fused-ring (bicyclic) bond motifs is 2. The van der Waals surface area contributed by atoms with E-state index in [0.29, 0.717) is 16.4 Å². The molecule has 0 aliphatic carbocycles. The van der Waals surface area contributed by atoms with E-state index in [4.69, 9.17) is 16.3 Å². The summed E-state index contributed by atoms with van der Waals surface area (Å²) in [5.41, 5.74) is 1.58. The Kier molecular flexibility index (Phi) is 5.48. The highest BCUT2D eigenvalue weighted by Gasteiger charge is 2.35. The number of aromatic nitrogens is 1. The van der Waals surface area contributed by atoms with E-state index in [1.165, 1.54) is 12.1 Å². The van der Waals surface area contributed by atoms with Crippen molar-refractivity contribution in [2.75, 3.05) is 22.4 Å². The van der Waals surface area contributed by atoms with Crippen molar-refractivity contribution in [3.05, 3.63) is 51.1 Å². The Hall–Kier alpha value is -2.56. The minimum Gasteiger partial charge on any atom is -0.476 e. The molecule has 164 valence electrons. The zero-order chi connectivity index (χ0) is 22.5. The fraction of sp³-hybridized carbons (Fsp3) is 0.300. The van der Waals surface area contributed by atoms with E-state index in [-0.39, 0.29) is 23.2 Å². The predicted molar refractivity (Wildman–Crippen MR) is 123 cm³/mol. The van der Waals surface area contributed by atoms with Gasteiger partial charge in [0.2, 0.25) is 10.0 Å². The number of rotatable bonds is 4. The van der Waals surface area contributed by atoms with Crippen molar-refractivity contribution < 1.29 is 17.9 Å². The summed E-state index contributed by atoms with van der Waals surface area (Å²) in [4.78, 5) is 25.1. The van der Waals surface area contributed by atoms with Gasteiger partial charge in [0.05, 0.1) is 28.7 Å². The average molecular weight is 482 g/mol. The number of thiazole rings is 1. The summed E-state index contributed by atoms with van der Waals surface area (Å²) in [5, 5.41) is 3.12. The first-order valence-corrected chi connectivity index (χ1v) is 12.5. The molecule has 0 saturated carbocycles. The molecule has 11 heteroatoms. The first-order valence-electron chi connectivity index (χ1n) is 9.44. The lowest BCUT2D eigenvalue weighted by molar-refractivity contribution is -0.122. The highest BCUT2D eigenvalue weighted by atomic mass is 35.5. The Labute approximate surface area is 188 Å². The first-order chi connectivity index (χ1) is 14.5. The number of carbonyl (C=O) groups excluding carboxylic acids is 1. The van der Waals surface area contributed by atoms with Crippen LogP contribution in [0.1, 0.15) is 19.9 Å². The molecule has 1 N–H and O–H groups in total. The third-order valence-electron chi connectivity index (χ3n) is 4.88. The Morgan fingerprint density at radius 3 is 2.68 bits per heavy atom. The zero-order valence-electron chi connectivity index (χ0n) is 17.0. The molecule has 1 atom stereocenters. The van der Waals surface area contributed by atoms with Crippen LogP contribution in [0.3, 0.4) is 0 Å². The lowest BCUT2D eigenvalue weighted by atomic mass is 10.2. The molecule has 1 amide bonds. The number of halogens is 1. The number of ether oxygens (including phenoxy) is 1. The molecule has 1 aromatic heterocycles. The molecule has 8 nitrogen and oxygen atoms in total. The maximum absolute atomic E-state index is 12.9. The van der Waals surface area contributed by atoms with Gasteiger partial charge in [0.25, 0.3) is 5.91 Å². The second-order valence-electron chi connectivity index (χ2n) is 7.52. The number of amides is 1. The maximum Gasteiger partial charge on any atom is 0.308 e. The van der Waals surface area contributed by atoms with E-state index in [2.05, 4.69) is 5.32 Å². The van der Waals surface area contributed by atoms with Gasteiger partial charge >= 0.3 is 4.87 Å². The van der Waals surface area contributed by atoms with Crippen LogP contribution in [0.2, 0.25) is 5.02 Å². The minimum atomic E-state index is -3.66. The maximum atomic E-state index is 12.9. The van der Waals surface area contributed by atoms with E-state index in [9.17, 15) is 18.0 Å². The molecule has 1 aliphatic heterocycles. The van der Waals surface area contributed by atoms with Gasteiger partial charge in [0.1, 0.15) is 5.75 Å². The Morgan fingerprint density at radius 2 is 2.00 bits per heavy atom. The largest absolute Gasteiger partial charge is 0.476 e. The fourth-order valence-corrected chi connectivity index (χ4v) is 5.63. The second-order valence-corrected chi connectivity index (χ2v) is 10.9. The highest BCUT2D eigenvalue weighted by molar-refractivity contribution is 7.92. The second kappa shape index (κ2) is 7.85. The van der Waals surface area contributed by atoms with Gasteiger partial charge in [-0.1, -0.05) is 22.9 Å². The van der Waals surface area contributed by atoms with Gasteiger partial charge < -0.3 is 10.1 Å². The van der Waals surface area contributed by atoms with Crippen LogP contribution in [-0.4, -0.2) is 37.8 Å². The zero-order valence-corrected chi connectivity index (χ0v) is 19.3. The van der Waals surface area contributed by atoms with E-state index < -0.39 is 22.0 Å². The number of hydrogen-bond acceptors (Lipinski definition) is 6. The lowest BCUT2D eigenvalue weighted by Gasteiger charge is -2.34. The quantitative estimate of drug-likeness (QED) is 0.615. The van der Waals surface area contributed by atoms with Crippen LogP contribution in [0, 0.1) is 0 Å². The van der Waals surface area contributed by atoms with E-state index in [0.717, 1.165) is 32.1 Å². The van der Waals surface area contributed by atoms with E-state index in [1.54, 1.807) is 28.8 Å². The molecule has 0 spiro atoms. The van der Waals surface area contributed by atoms with E-state index in [1.807, 2.05) is 13.8 Å². The third kappa shape index (κ3) is 4.15. The molecule has 1 aliphatic rings. The van der Waals surface area contributed by atoms with Gasteiger partial charge in [-0.2, -0.15) is 0 Å². The molecule has 3 aromatic rings. The highest BCUT2D eigenvalue weighted by Crippen LogP contribution is 2.37. The molecule has 4 rings (SSSR count). The topological polar surface area (TPSA) is 97.7 Å². The van der Waals surface area contributed by atoms with Gasteiger partial charge in [0.15, 0.2) is 6.10 Å². The molecular formula is C20H20ClN3O5S2. The minimum absolute atomic E-state index is 0.0212. The summed E-state index contributed by atoms with van der Waals surface area (Å²) in [5.74, 6) is -0.242. The van der Waals surface area contributed by atoms with E-state index >= 15 is 0 Å². The number of hydrogen-bond donors (Lipinski definition) is 1. The average Bonchev–Trinajstić information content (AvgIpc) is 3.01. The van der Waals surface area contributed by atoms with Crippen LogP contribution < -0.4 is 19.2 Å². The molecule has 0 bridgehead atoms. The number of carbonyl (C=O) groups is 1. The first kappa shape index (κ1) is 21.7. The summed E-state index contributed by atoms with van der Waals surface area (Å²) < 4.78 is 33.9. The van der Waals surface area contributed by atoms with Gasteiger partial charge in [-0.05, 0) is 50.2 Å². The summed E-state index contributed by atoms with van der Waals surface area (Å²) in [6.07, 6.45) is 0.00536. The Bertz CT molecular complexity index is 1350. The van der Waals surface area contributed by atoms with Crippen molar-refractivity contribution in [1.82, 2.24) is 4.57 Å². The van der Waals surface area contributed by atoms with Crippen molar-refractivity contribution in [1.29, 1.82) is 0 Å². The molecule has 0 fully saturated rings. The summed E-state index contributed by atoms with van der Waals surface area (Å²) in [6.45, 7) is 3.68. The number of sulfonamides is 1. The number of anilines is 2. The van der Waals surface area contributed by atoms with Crippen LogP contribution in [0.25, 0.3) is 10.2 Å². The van der Waals surface area contributed by atoms with Crippen molar-refractivity contribution in [3.8, 4) is 5.75 Å². The normalized spacial score (nSPS) is 16.3. The van der Waals surface area contributed by atoms with Gasteiger partial charge in [0, 0.05) is 16.8 Å². The number of benzene rings is 2.